The number of benzene rings is 2. The Balaban J connectivity index is 2.82. The van der Waals surface area contributed by atoms with Crippen LogP contribution in [-0.2, 0) is 0 Å². The minimum Gasteiger partial charge on any atom is -0.389 e. The summed E-state index contributed by atoms with van der Waals surface area (Å²) in [5.41, 5.74) is 0.921. The minimum absolute atomic E-state index is 0.461. The Morgan fingerprint density at radius 1 is 1.07 bits per heavy atom. The van der Waals surface area contributed by atoms with Gasteiger partial charge in [-0.3, -0.25) is 0 Å². The fraction of sp³-hybridized carbons (Fsp3) is 0.167. The number of rotatable bonds is 1. The molecule has 0 saturated carbocycles. The average molecular weight is 207 g/mol. The first-order valence-electron chi connectivity index (χ1n) is 4.55. The van der Waals surface area contributed by atoms with Crippen LogP contribution in [0.3, 0.4) is 0 Å². The largest absolute Gasteiger partial charge is 0.389 e. The highest BCUT2D eigenvalue weighted by Crippen LogP contribution is 2.29. The lowest BCUT2D eigenvalue weighted by Crippen LogP contribution is -1.92. The molecule has 2 aromatic rings. The molecular weight excluding hydrogens is 196 g/mol. The van der Waals surface area contributed by atoms with E-state index in [2.05, 4.69) is 0 Å². The molecule has 0 unspecified atom stereocenters. The summed E-state index contributed by atoms with van der Waals surface area (Å²) in [4.78, 5) is 0. The van der Waals surface area contributed by atoms with Crippen molar-refractivity contribution in [3.05, 3.63) is 47.0 Å². The van der Waals surface area contributed by atoms with Crippen molar-refractivity contribution in [1.29, 1.82) is 0 Å². The molecule has 2 rings (SSSR count). The van der Waals surface area contributed by atoms with Crippen LogP contribution >= 0.6 is 11.6 Å². The Hall–Kier alpha value is -1.05. The molecule has 1 nitrogen and oxygen atoms in total. The van der Waals surface area contributed by atoms with E-state index in [1.807, 2.05) is 36.4 Å². The van der Waals surface area contributed by atoms with E-state index in [1.54, 1.807) is 6.92 Å². The zero-order chi connectivity index (χ0) is 10.1. The van der Waals surface area contributed by atoms with Crippen LogP contribution < -0.4 is 0 Å². The van der Waals surface area contributed by atoms with Gasteiger partial charge in [0, 0.05) is 10.4 Å². The summed E-state index contributed by atoms with van der Waals surface area (Å²) in [6.45, 7) is 1.76. The lowest BCUT2D eigenvalue weighted by molar-refractivity contribution is 0.201. The smallest absolute Gasteiger partial charge is 0.0767 e. The standard InChI is InChI=1S/C12H11ClO/c1-8(14)9-6-7-12(13)11-5-3-2-4-10(9)11/h2-8,14H,1H3/t8-/m0/s1. The summed E-state index contributed by atoms with van der Waals surface area (Å²) >= 11 is 6.05. The summed E-state index contributed by atoms with van der Waals surface area (Å²) < 4.78 is 0. The van der Waals surface area contributed by atoms with Gasteiger partial charge in [-0.25, -0.2) is 0 Å². The van der Waals surface area contributed by atoms with E-state index in [0.717, 1.165) is 21.4 Å². The van der Waals surface area contributed by atoms with Crippen molar-refractivity contribution < 1.29 is 5.11 Å². The molecule has 0 aromatic heterocycles. The first-order chi connectivity index (χ1) is 6.70. The fourth-order valence-electron chi connectivity index (χ4n) is 1.65. The first kappa shape index (κ1) is 9.50. The lowest BCUT2D eigenvalue weighted by Gasteiger charge is -2.09. The van der Waals surface area contributed by atoms with Crippen LogP contribution in [0, 0.1) is 0 Å². The molecule has 72 valence electrons. The van der Waals surface area contributed by atoms with Gasteiger partial charge in [-0.15, -0.1) is 0 Å². The molecule has 0 aliphatic carbocycles. The second-order valence-electron chi connectivity index (χ2n) is 3.36. The first-order valence-corrected chi connectivity index (χ1v) is 4.93. The van der Waals surface area contributed by atoms with Crippen molar-refractivity contribution >= 4 is 22.4 Å². The Labute approximate surface area is 87.9 Å². The van der Waals surface area contributed by atoms with E-state index in [4.69, 9.17) is 11.6 Å². The molecule has 2 heteroatoms. The van der Waals surface area contributed by atoms with E-state index in [-0.39, 0.29) is 0 Å². The van der Waals surface area contributed by atoms with Crippen LogP contribution in [0.5, 0.6) is 0 Å². The third-order valence-electron chi connectivity index (χ3n) is 2.35. The summed E-state index contributed by atoms with van der Waals surface area (Å²) in [7, 11) is 0. The molecule has 0 aliphatic heterocycles. The van der Waals surface area contributed by atoms with E-state index in [9.17, 15) is 5.11 Å². The van der Waals surface area contributed by atoms with Crippen LogP contribution in [0.15, 0.2) is 36.4 Å². The maximum absolute atomic E-state index is 9.57. The van der Waals surface area contributed by atoms with Crippen molar-refractivity contribution in [2.75, 3.05) is 0 Å². The highest BCUT2D eigenvalue weighted by molar-refractivity contribution is 6.35. The molecule has 2 aromatic carbocycles. The van der Waals surface area contributed by atoms with Crippen molar-refractivity contribution in [3.63, 3.8) is 0 Å². The van der Waals surface area contributed by atoms with Gasteiger partial charge in [0.2, 0.25) is 0 Å². The minimum atomic E-state index is -0.461. The van der Waals surface area contributed by atoms with Crippen LogP contribution in [-0.4, -0.2) is 5.11 Å². The van der Waals surface area contributed by atoms with Gasteiger partial charge < -0.3 is 5.11 Å². The number of aliphatic hydroxyl groups is 1. The normalized spacial score (nSPS) is 13.1. The average Bonchev–Trinajstić information content (AvgIpc) is 2.18. The number of halogens is 1. The highest BCUT2D eigenvalue weighted by Gasteiger charge is 2.07. The Morgan fingerprint density at radius 2 is 1.71 bits per heavy atom. The maximum Gasteiger partial charge on any atom is 0.0767 e. The quantitative estimate of drug-likeness (QED) is 0.757. The summed E-state index contributed by atoms with van der Waals surface area (Å²) in [6.07, 6.45) is -0.461. The highest BCUT2D eigenvalue weighted by atomic mass is 35.5. The number of aliphatic hydroxyl groups excluding tert-OH is 1. The maximum atomic E-state index is 9.57. The SMILES string of the molecule is C[C@H](O)c1ccc(Cl)c2ccccc12. The Kier molecular flexibility index (Phi) is 2.44. The Morgan fingerprint density at radius 3 is 2.36 bits per heavy atom. The van der Waals surface area contributed by atoms with Gasteiger partial charge in [0.25, 0.3) is 0 Å². The van der Waals surface area contributed by atoms with Crippen LogP contribution in [0.25, 0.3) is 10.8 Å². The van der Waals surface area contributed by atoms with E-state index in [1.165, 1.54) is 0 Å². The van der Waals surface area contributed by atoms with Crippen molar-refractivity contribution in [2.45, 2.75) is 13.0 Å². The third-order valence-corrected chi connectivity index (χ3v) is 2.68. The summed E-state index contributed by atoms with van der Waals surface area (Å²) in [6, 6.07) is 11.5. The zero-order valence-electron chi connectivity index (χ0n) is 7.87. The predicted octanol–water partition coefficient (Wildman–Crippen LogP) is 3.55. The molecule has 0 fully saturated rings. The Bertz CT molecular complexity index is 463. The van der Waals surface area contributed by atoms with Crippen molar-refractivity contribution in [1.82, 2.24) is 0 Å². The van der Waals surface area contributed by atoms with E-state index >= 15 is 0 Å². The predicted molar refractivity (Wildman–Crippen MR) is 59.6 cm³/mol. The molecule has 0 bridgehead atoms. The molecule has 14 heavy (non-hydrogen) atoms. The van der Waals surface area contributed by atoms with Gasteiger partial charge in [-0.05, 0) is 23.9 Å². The lowest BCUT2D eigenvalue weighted by atomic mass is 10.0. The van der Waals surface area contributed by atoms with Crippen molar-refractivity contribution in [2.24, 2.45) is 0 Å². The molecule has 0 amide bonds. The van der Waals surface area contributed by atoms with Gasteiger partial charge in [0.1, 0.15) is 0 Å². The monoisotopic (exact) mass is 206 g/mol. The molecule has 0 aliphatic rings. The topological polar surface area (TPSA) is 20.2 Å². The van der Waals surface area contributed by atoms with Crippen LogP contribution in [0.1, 0.15) is 18.6 Å². The fourth-order valence-corrected chi connectivity index (χ4v) is 1.88. The van der Waals surface area contributed by atoms with E-state index < -0.39 is 6.10 Å². The molecule has 0 spiro atoms. The van der Waals surface area contributed by atoms with E-state index in [0.29, 0.717) is 0 Å². The summed E-state index contributed by atoms with van der Waals surface area (Å²) in [5.74, 6) is 0. The molecular formula is C12H11ClO. The van der Waals surface area contributed by atoms with Gasteiger partial charge >= 0.3 is 0 Å². The van der Waals surface area contributed by atoms with Gasteiger partial charge in [0.05, 0.1) is 6.10 Å². The summed E-state index contributed by atoms with van der Waals surface area (Å²) in [5, 5.41) is 12.3. The molecule has 1 N–H and O–H groups in total. The number of hydrogen-bond donors (Lipinski definition) is 1. The van der Waals surface area contributed by atoms with Crippen LogP contribution in [0.2, 0.25) is 5.02 Å². The molecule has 1 atom stereocenters. The number of fused-ring (bicyclic) bond motifs is 1. The number of hydrogen-bond acceptors (Lipinski definition) is 1. The second kappa shape index (κ2) is 3.60. The molecule has 0 radical (unpaired) electrons. The second-order valence-corrected chi connectivity index (χ2v) is 3.77. The van der Waals surface area contributed by atoms with Gasteiger partial charge in [0.15, 0.2) is 0 Å². The molecule has 0 saturated heterocycles. The van der Waals surface area contributed by atoms with Gasteiger partial charge in [-0.2, -0.15) is 0 Å². The van der Waals surface area contributed by atoms with Crippen molar-refractivity contribution in [3.8, 4) is 0 Å². The molecule has 0 heterocycles. The van der Waals surface area contributed by atoms with Gasteiger partial charge in [-0.1, -0.05) is 41.9 Å². The van der Waals surface area contributed by atoms with Crippen LogP contribution in [0.4, 0.5) is 0 Å². The zero-order valence-corrected chi connectivity index (χ0v) is 8.62. The third kappa shape index (κ3) is 1.49.